The number of benzene rings is 2. The van der Waals surface area contributed by atoms with Crippen molar-refractivity contribution in [3.8, 4) is 11.5 Å². The molecule has 2 aromatic carbocycles. The lowest BCUT2D eigenvalue weighted by molar-refractivity contribution is -0.140. The zero-order chi connectivity index (χ0) is 30.2. The van der Waals surface area contributed by atoms with Crippen LogP contribution in [-0.2, 0) is 28.5 Å². The molecule has 10 nitrogen and oxygen atoms in total. The molecule has 2 heterocycles. The highest BCUT2D eigenvalue weighted by molar-refractivity contribution is 7.22. The zero-order valence-electron chi connectivity index (χ0n) is 24.7. The second-order valence-electron chi connectivity index (χ2n) is 8.85. The molecule has 0 unspecified atom stereocenters. The van der Waals surface area contributed by atoms with Gasteiger partial charge in [-0.15, -0.1) is 0 Å². The van der Waals surface area contributed by atoms with Gasteiger partial charge in [-0.3, -0.25) is 0 Å². The SMILES string of the molecule is CCOC(=O)C1=C(OCC)N(c2nc3cc(OCC)ccc3s2)C(OCC)=C(C(=O)OCC)C1c1ccc(OC)cc1. The molecule has 0 spiro atoms. The minimum Gasteiger partial charge on any atom is -0.497 e. The topological polar surface area (TPSA) is 106 Å². The van der Waals surface area contributed by atoms with Crippen molar-refractivity contribution in [3.63, 3.8) is 0 Å². The smallest absolute Gasteiger partial charge is 0.340 e. The molecule has 0 saturated heterocycles. The van der Waals surface area contributed by atoms with Crippen LogP contribution in [-0.4, -0.2) is 57.1 Å². The van der Waals surface area contributed by atoms with Gasteiger partial charge in [-0.2, -0.15) is 0 Å². The molecule has 0 saturated carbocycles. The lowest BCUT2D eigenvalue weighted by Gasteiger charge is -2.36. The number of carbonyl (C=O) groups excluding carboxylic acids is 2. The van der Waals surface area contributed by atoms with E-state index in [4.69, 9.17) is 33.4 Å². The summed E-state index contributed by atoms with van der Waals surface area (Å²) < 4.78 is 35.4. The predicted octanol–water partition coefficient (Wildman–Crippen LogP) is 5.93. The Hall–Kier alpha value is -4.25. The van der Waals surface area contributed by atoms with Crippen LogP contribution in [0.3, 0.4) is 0 Å². The van der Waals surface area contributed by atoms with Crippen molar-refractivity contribution in [2.75, 3.05) is 45.0 Å². The molecule has 3 aromatic rings. The molecule has 0 N–H and O–H groups in total. The van der Waals surface area contributed by atoms with Gasteiger partial charge in [-0.05, 0) is 64.4 Å². The maximum Gasteiger partial charge on any atom is 0.340 e. The molecule has 0 radical (unpaired) electrons. The van der Waals surface area contributed by atoms with E-state index in [0.29, 0.717) is 34.3 Å². The summed E-state index contributed by atoms with van der Waals surface area (Å²) in [6.07, 6.45) is 0. The van der Waals surface area contributed by atoms with E-state index < -0.39 is 17.9 Å². The molecule has 42 heavy (non-hydrogen) atoms. The number of thiazole rings is 1. The van der Waals surface area contributed by atoms with Gasteiger partial charge in [0.1, 0.15) is 22.6 Å². The van der Waals surface area contributed by atoms with E-state index in [-0.39, 0.29) is 49.3 Å². The van der Waals surface area contributed by atoms with Gasteiger partial charge in [-0.1, -0.05) is 23.5 Å². The lowest BCUT2D eigenvalue weighted by atomic mass is 9.82. The Morgan fingerprint density at radius 3 is 1.81 bits per heavy atom. The summed E-state index contributed by atoms with van der Waals surface area (Å²) in [5.74, 6) is -0.564. The van der Waals surface area contributed by atoms with E-state index in [1.807, 2.05) is 39.0 Å². The van der Waals surface area contributed by atoms with E-state index in [9.17, 15) is 9.59 Å². The number of aromatic nitrogens is 1. The Labute approximate surface area is 249 Å². The monoisotopic (exact) mass is 596 g/mol. The molecular weight excluding hydrogens is 560 g/mol. The third-order valence-corrected chi connectivity index (χ3v) is 7.32. The highest BCUT2D eigenvalue weighted by Crippen LogP contribution is 2.47. The van der Waals surface area contributed by atoms with Gasteiger partial charge in [0, 0.05) is 6.07 Å². The summed E-state index contributed by atoms with van der Waals surface area (Å²) in [5.41, 5.74) is 1.57. The molecular formula is C31H36N2O8S. The maximum atomic E-state index is 13.8. The Kier molecular flexibility index (Phi) is 10.3. The van der Waals surface area contributed by atoms with Gasteiger partial charge >= 0.3 is 11.9 Å². The summed E-state index contributed by atoms with van der Waals surface area (Å²) >= 11 is 1.36. The van der Waals surface area contributed by atoms with Crippen LogP contribution in [0.25, 0.3) is 10.2 Å². The first-order valence-corrected chi connectivity index (χ1v) is 14.8. The van der Waals surface area contributed by atoms with Gasteiger partial charge < -0.3 is 28.4 Å². The molecule has 0 aliphatic carbocycles. The van der Waals surface area contributed by atoms with Gasteiger partial charge in [-0.25, -0.2) is 19.5 Å². The molecule has 0 bridgehead atoms. The van der Waals surface area contributed by atoms with Crippen LogP contribution in [0.5, 0.6) is 11.5 Å². The van der Waals surface area contributed by atoms with Crippen LogP contribution in [0.2, 0.25) is 0 Å². The first-order valence-electron chi connectivity index (χ1n) is 14.0. The first kappa shape index (κ1) is 30.7. The lowest BCUT2D eigenvalue weighted by Crippen LogP contribution is -2.39. The second-order valence-corrected chi connectivity index (χ2v) is 9.85. The van der Waals surface area contributed by atoms with Gasteiger partial charge in [0.05, 0.1) is 56.3 Å². The molecule has 1 aromatic heterocycles. The fraction of sp³-hybridized carbons (Fsp3) is 0.387. The van der Waals surface area contributed by atoms with Crippen molar-refractivity contribution >= 4 is 38.6 Å². The van der Waals surface area contributed by atoms with Gasteiger partial charge in [0.2, 0.25) is 11.8 Å². The first-order chi connectivity index (χ1) is 20.4. The van der Waals surface area contributed by atoms with Crippen molar-refractivity contribution in [2.45, 2.75) is 40.5 Å². The molecule has 0 fully saturated rings. The quantitative estimate of drug-likeness (QED) is 0.221. The summed E-state index contributed by atoms with van der Waals surface area (Å²) in [5, 5.41) is 0.433. The number of rotatable bonds is 13. The van der Waals surface area contributed by atoms with Crippen molar-refractivity contribution in [1.82, 2.24) is 4.98 Å². The van der Waals surface area contributed by atoms with Gasteiger partial charge in [0.25, 0.3) is 0 Å². The predicted molar refractivity (Wildman–Crippen MR) is 160 cm³/mol. The van der Waals surface area contributed by atoms with Crippen molar-refractivity contribution < 1.29 is 38.0 Å². The largest absolute Gasteiger partial charge is 0.497 e. The van der Waals surface area contributed by atoms with E-state index in [1.165, 1.54) is 11.3 Å². The number of ether oxygens (including phenoxy) is 6. The fourth-order valence-electron chi connectivity index (χ4n) is 4.66. The molecule has 0 atom stereocenters. The van der Waals surface area contributed by atoms with Crippen molar-refractivity contribution in [3.05, 3.63) is 70.9 Å². The number of methoxy groups -OCH3 is 1. The maximum absolute atomic E-state index is 13.8. The Balaban J connectivity index is 2.06. The Morgan fingerprint density at radius 1 is 0.762 bits per heavy atom. The zero-order valence-corrected chi connectivity index (χ0v) is 25.5. The number of fused-ring (bicyclic) bond motifs is 1. The Bertz CT molecular complexity index is 1430. The van der Waals surface area contributed by atoms with E-state index in [1.54, 1.807) is 50.1 Å². The van der Waals surface area contributed by atoms with E-state index >= 15 is 0 Å². The minimum absolute atomic E-state index is 0.120. The molecule has 1 aliphatic rings. The highest BCUT2D eigenvalue weighted by atomic mass is 32.1. The van der Waals surface area contributed by atoms with Crippen LogP contribution in [0.15, 0.2) is 65.4 Å². The average Bonchev–Trinajstić information content (AvgIpc) is 3.40. The molecule has 1 aliphatic heterocycles. The number of nitrogens with zero attached hydrogens (tertiary/aromatic N) is 2. The Morgan fingerprint density at radius 2 is 1.31 bits per heavy atom. The highest BCUT2D eigenvalue weighted by Gasteiger charge is 2.46. The van der Waals surface area contributed by atoms with E-state index in [0.717, 1.165) is 4.70 Å². The summed E-state index contributed by atoms with van der Waals surface area (Å²) in [6.45, 7) is 10.2. The van der Waals surface area contributed by atoms with Crippen LogP contribution < -0.4 is 14.4 Å². The van der Waals surface area contributed by atoms with Crippen LogP contribution >= 0.6 is 11.3 Å². The number of esters is 2. The van der Waals surface area contributed by atoms with Crippen LogP contribution in [0.4, 0.5) is 5.13 Å². The standard InChI is InChI=1S/C31H36N2O8S/c1-7-37-21-16-17-23-22(18-21)32-31(42-23)33-27(38-8-2)25(29(34)40-10-4)24(19-12-14-20(36-6)15-13-19)26(28(33)39-9-3)30(35)41-11-5/h12-18,24H,7-11H2,1-6H3. The third kappa shape index (κ3) is 6.15. The fourth-order valence-corrected chi connectivity index (χ4v) is 5.60. The van der Waals surface area contributed by atoms with Crippen LogP contribution in [0.1, 0.15) is 46.1 Å². The van der Waals surface area contributed by atoms with Crippen LogP contribution in [0, 0.1) is 0 Å². The third-order valence-electron chi connectivity index (χ3n) is 6.30. The number of hydrogen-bond donors (Lipinski definition) is 0. The molecule has 224 valence electrons. The minimum atomic E-state index is -0.924. The number of hydrogen-bond acceptors (Lipinski definition) is 11. The van der Waals surface area contributed by atoms with Crippen molar-refractivity contribution in [1.29, 1.82) is 0 Å². The average molecular weight is 597 g/mol. The molecule has 0 amide bonds. The number of carbonyl (C=O) groups is 2. The normalized spacial score (nSPS) is 13.8. The number of anilines is 1. The molecule has 11 heteroatoms. The second kappa shape index (κ2) is 14.1. The van der Waals surface area contributed by atoms with Crippen molar-refractivity contribution in [2.24, 2.45) is 0 Å². The summed E-state index contributed by atoms with van der Waals surface area (Å²) in [6, 6.07) is 12.7. The summed E-state index contributed by atoms with van der Waals surface area (Å²) in [4.78, 5) is 34.0. The van der Waals surface area contributed by atoms with Gasteiger partial charge in [0.15, 0.2) is 5.13 Å². The van der Waals surface area contributed by atoms with E-state index in [2.05, 4.69) is 0 Å². The summed E-state index contributed by atoms with van der Waals surface area (Å²) in [7, 11) is 1.57. The molecule has 4 rings (SSSR count).